The summed E-state index contributed by atoms with van der Waals surface area (Å²) in [6.45, 7) is 0. The van der Waals surface area contributed by atoms with Crippen LogP contribution in [0.25, 0.3) is 0 Å². The average molecular weight is 194 g/mol. The number of hydrogen-bond acceptors (Lipinski definition) is 2. The molecular formula is C10H10O2S. The Labute approximate surface area is 82.0 Å². The summed E-state index contributed by atoms with van der Waals surface area (Å²) in [4.78, 5) is 11.5. The first-order chi connectivity index (χ1) is 6.18. The van der Waals surface area contributed by atoms with Crippen molar-refractivity contribution >= 4 is 18.6 Å². The molecule has 1 unspecified atom stereocenters. The second-order valence-electron chi connectivity index (χ2n) is 3.38. The van der Waals surface area contributed by atoms with E-state index in [-0.39, 0.29) is 11.8 Å². The van der Waals surface area contributed by atoms with Gasteiger partial charge in [0, 0.05) is 4.90 Å². The van der Waals surface area contributed by atoms with Gasteiger partial charge in [-0.1, -0.05) is 12.1 Å². The Morgan fingerprint density at radius 3 is 2.46 bits per heavy atom. The minimum atomic E-state index is -0.681. The van der Waals surface area contributed by atoms with Gasteiger partial charge in [0.25, 0.3) is 0 Å². The summed E-state index contributed by atoms with van der Waals surface area (Å²) < 4.78 is 0. The van der Waals surface area contributed by atoms with Crippen LogP contribution in [0.15, 0.2) is 29.2 Å². The van der Waals surface area contributed by atoms with Crippen molar-refractivity contribution in [3.8, 4) is 0 Å². The molecule has 0 radical (unpaired) electrons. The SMILES string of the molecule is O=C(O)C1C[C@H]1c1ccc(S)cc1. The molecule has 13 heavy (non-hydrogen) atoms. The first kappa shape index (κ1) is 8.63. The van der Waals surface area contributed by atoms with Crippen LogP contribution in [0.5, 0.6) is 0 Å². The molecule has 0 saturated heterocycles. The fourth-order valence-corrected chi connectivity index (χ4v) is 1.71. The van der Waals surface area contributed by atoms with Gasteiger partial charge in [-0.25, -0.2) is 0 Å². The highest BCUT2D eigenvalue weighted by molar-refractivity contribution is 7.80. The maximum Gasteiger partial charge on any atom is 0.307 e. The van der Waals surface area contributed by atoms with E-state index >= 15 is 0 Å². The summed E-state index contributed by atoms with van der Waals surface area (Å²) in [5, 5.41) is 8.72. The van der Waals surface area contributed by atoms with E-state index in [0.29, 0.717) is 0 Å². The van der Waals surface area contributed by atoms with Crippen molar-refractivity contribution in [2.75, 3.05) is 0 Å². The van der Waals surface area contributed by atoms with Gasteiger partial charge in [0.05, 0.1) is 5.92 Å². The lowest BCUT2D eigenvalue weighted by Gasteiger charge is -1.98. The summed E-state index contributed by atoms with van der Waals surface area (Å²) in [7, 11) is 0. The Bertz CT molecular complexity index is 331. The van der Waals surface area contributed by atoms with Crippen molar-refractivity contribution in [2.45, 2.75) is 17.2 Å². The Balaban J connectivity index is 2.12. The van der Waals surface area contributed by atoms with E-state index in [1.165, 1.54) is 0 Å². The van der Waals surface area contributed by atoms with Crippen molar-refractivity contribution in [3.05, 3.63) is 29.8 Å². The number of carboxylic acid groups (broad SMARTS) is 1. The zero-order valence-electron chi connectivity index (χ0n) is 6.97. The van der Waals surface area contributed by atoms with E-state index in [1.54, 1.807) is 0 Å². The van der Waals surface area contributed by atoms with E-state index in [2.05, 4.69) is 12.6 Å². The minimum Gasteiger partial charge on any atom is -0.481 e. The fourth-order valence-electron chi connectivity index (χ4n) is 1.56. The largest absolute Gasteiger partial charge is 0.481 e. The number of aliphatic carboxylic acids is 1. The number of carboxylic acids is 1. The van der Waals surface area contributed by atoms with Crippen molar-refractivity contribution in [3.63, 3.8) is 0 Å². The van der Waals surface area contributed by atoms with Crippen LogP contribution in [0.1, 0.15) is 17.9 Å². The molecule has 1 N–H and O–H groups in total. The predicted octanol–water partition coefficient (Wildman–Crippen LogP) is 2.16. The van der Waals surface area contributed by atoms with Gasteiger partial charge in [0.15, 0.2) is 0 Å². The zero-order chi connectivity index (χ0) is 9.42. The van der Waals surface area contributed by atoms with E-state index in [4.69, 9.17) is 5.11 Å². The first-order valence-electron chi connectivity index (χ1n) is 4.20. The third kappa shape index (κ3) is 1.70. The predicted molar refractivity (Wildman–Crippen MR) is 52.2 cm³/mol. The van der Waals surface area contributed by atoms with Gasteiger partial charge < -0.3 is 5.11 Å². The number of carbonyl (C=O) groups is 1. The number of rotatable bonds is 2. The molecule has 3 heteroatoms. The lowest BCUT2D eigenvalue weighted by atomic mass is 10.1. The first-order valence-corrected chi connectivity index (χ1v) is 4.65. The van der Waals surface area contributed by atoms with Gasteiger partial charge in [-0.15, -0.1) is 12.6 Å². The van der Waals surface area contributed by atoms with Crippen LogP contribution in [0.2, 0.25) is 0 Å². The van der Waals surface area contributed by atoms with Gasteiger partial charge in [-0.2, -0.15) is 0 Å². The van der Waals surface area contributed by atoms with Crippen LogP contribution in [-0.2, 0) is 4.79 Å². The quantitative estimate of drug-likeness (QED) is 0.708. The molecular weight excluding hydrogens is 184 g/mol. The number of benzene rings is 1. The van der Waals surface area contributed by atoms with Crippen molar-refractivity contribution in [1.82, 2.24) is 0 Å². The molecule has 1 saturated carbocycles. The van der Waals surface area contributed by atoms with Crippen LogP contribution in [-0.4, -0.2) is 11.1 Å². The van der Waals surface area contributed by atoms with Crippen LogP contribution >= 0.6 is 12.6 Å². The average Bonchev–Trinajstić information content (AvgIpc) is 2.85. The monoisotopic (exact) mass is 194 g/mol. The van der Waals surface area contributed by atoms with Crippen LogP contribution in [0.4, 0.5) is 0 Å². The fraction of sp³-hybridized carbons (Fsp3) is 0.300. The zero-order valence-corrected chi connectivity index (χ0v) is 7.87. The van der Waals surface area contributed by atoms with Crippen LogP contribution < -0.4 is 0 Å². The normalized spacial score (nSPS) is 25.6. The molecule has 1 aromatic rings. The van der Waals surface area contributed by atoms with E-state index in [0.717, 1.165) is 16.9 Å². The Kier molecular flexibility index (Phi) is 2.04. The summed E-state index contributed by atoms with van der Waals surface area (Å²) in [6.07, 6.45) is 0.779. The molecule has 0 heterocycles. The van der Waals surface area contributed by atoms with Crippen molar-refractivity contribution in [1.29, 1.82) is 0 Å². The van der Waals surface area contributed by atoms with Gasteiger partial charge in [0.2, 0.25) is 0 Å². The minimum absolute atomic E-state index is 0.161. The van der Waals surface area contributed by atoms with Gasteiger partial charge in [-0.3, -0.25) is 4.79 Å². The third-order valence-corrected chi connectivity index (χ3v) is 2.73. The second kappa shape index (κ2) is 3.07. The number of thiol groups is 1. The Morgan fingerprint density at radius 2 is 2.00 bits per heavy atom. The Morgan fingerprint density at radius 1 is 1.38 bits per heavy atom. The maximum atomic E-state index is 10.6. The molecule has 0 aromatic heterocycles. The summed E-state index contributed by atoms with van der Waals surface area (Å²) in [5.74, 6) is -0.614. The highest BCUT2D eigenvalue weighted by Gasteiger charge is 2.43. The van der Waals surface area contributed by atoms with E-state index in [1.807, 2.05) is 24.3 Å². The van der Waals surface area contributed by atoms with Gasteiger partial charge >= 0.3 is 5.97 Å². The maximum absolute atomic E-state index is 10.6. The Hall–Kier alpha value is -0.960. The molecule has 1 aliphatic carbocycles. The lowest BCUT2D eigenvalue weighted by molar-refractivity contribution is -0.138. The summed E-state index contributed by atoms with van der Waals surface area (Å²) in [6, 6.07) is 7.71. The second-order valence-corrected chi connectivity index (χ2v) is 3.89. The molecule has 0 bridgehead atoms. The van der Waals surface area contributed by atoms with Gasteiger partial charge in [0.1, 0.15) is 0 Å². The number of hydrogen-bond donors (Lipinski definition) is 2. The smallest absolute Gasteiger partial charge is 0.307 e. The third-order valence-electron chi connectivity index (χ3n) is 2.43. The summed E-state index contributed by atoms with van der Waals surface area (Å²) >= 11 is 4.17. The highest BCUT2D eigenvalue weighted by Crippen LogP contribution is 2.47. The van der Waals surface area contributed by atoms with E-state index in [9.17, 15) is 4.79 Å². The van der Waals surface area contributed by atoms with Crippen molar-refractivity contribution in [2.24, 2.45) is 5.92 Å². The summed E-state index contributed by atoms with van der Waals surface area (Å²) in [5.41, 5.74) is 1.12. The molecule has 0 spiro atoms. The van der Waals surface area contributed by atoms with Crippen LogP contribution in [0, 0.1) is 5.92 Å². The molecule has 2 nitrogen and oxygen atoms in total. The topological polar surface area (TPSA) is 37.3 Å². The molecule has 68 valence electrons. The van der Waals surface area contributed by atoms with Crippen molar-refractivity contribution < 1.29 is 9.90 Å². The van der Waals surface area contributed by atoms with Crippen LogP contribution in [0.3, 0.4) is 0 Å². The molecule has 2 atom stereocenters. The molecule has 1 fully saturated rings. The molecule has 2 rings (SSSR count). The highest BCUT2D eigenvalue weighted by atomic mass is 32.1. The molecule has 0 aliphatic heterocycles. The van der Waals surface area contributed by atoms with E-state index < -0.39 is 5.97 Å². The molecule has 1 aliphatic rings. The lowest BCUT2D eigenvalue weighted by Crippen LogP contribution is -1.98. The molecule has 0 amide bonds. The molecule has 1 aromatic carbocycles. The van der Waals surface area contributed by atoms with Gasteiger partial charge in [-0.05, 0) is 30.0 Å². The standard InChI is InChI=1S/C10H10O2S/c11-10(12)9-5-8(9)6-1-3-7(13)4-2-6/h1-4,8-9,13H,5H2,(H,11,12)/t8-,9?/m0/s1.